The van der Waals surface area contributed by atoms with Crippen LogP contribution in [0.3, 0.4) is 0 Å². The molecule has 0 aromatic heterocycles. The number of nitrogen functional groups attached to an aromatic ring is 1. The van der Waals surface area contributed by atoms with Crippen LogP contribution in [0.15, 0.2) is 40.9 Å². The van der Waals surface area contributed by atoms with Gasteiger partial charge < -0.3 is 11.1 Å². The minimum Gasteiger partial charge on any atom is -0.398 e. The molecule has 2 rings (SSSR count). The number of hydrogen-bond donors (Lipinski definition) is 2. The highest BCUT2D eigenvalue weighted by molar-refractivity contribution is 9.10. The summed E-state index contributed by atoms with van der Waals surface area (Å²) in [6.07, 6.45) is 0. The zero-order valence-electron chi connectivity index (χ0n) is 9.58. The van der Waals surface area contributed by atoms with Gasteiger partial charge in [0.25, 0.3) is 5.91 Å². The molecule has 0 heterocycles. The molecule has 19 heavy (non-hydrogen) atoms. The van der Waals surface area contributed by atoms with E-state index in [1.54, 1.807) is 6.07 Å². The molecule has 3 N–H and O–H groups in total. The van der Waals surface area contributed by atoms with Gasteiger partial charge in [-0.3, -0.25) is 4.79 Å². The van der Waals surface area contributed by atoms with Gasteiger partial charge in [-0.25, -0.2) is 8.78 Å². The summed E-state index contributed by atoms with van der Waals surface area (Å²) >= 11 is 3.19. The third kappa shape index (κ3) is 2.90. The average molecular weight is 327 g/mol. The number of anilines is 2. The molecule has 0 spiro atoms. The van der Waals surface area contributed by atoms with E-state index >= 15 is 0 Å². The monoisotopic (exact) mass is 326 g/mol. The molecule has 98 valence electrons. The second-order valence-corrected chi connectivity index (χ2v) is 4.65. The van der Waals surface area contributed by atoms with E-state index in [1.165, 1.54) is 24.3 Å². The quantitative estimate of drug-likeness (QED) is 0.829. The number of rotatable bonds is 2. The molecule has 0 radical (unpaired) electrons. The number of halogens is 3. The molecule has 0 aliphatic rings. The molecule has 6 heteroatoms. The Morgan fingerprint density at radius 2 is 1.95 bits per heavy atom. The van der Waals surface area contributed by atoms with E-state index < -0.39 is 17.5 Å². The van der Waals surface area contributed by atoms with Crippen molar-refractivity contribution in [2.45, 2.75) is 0 Å². The first-order chi connectivity index (χ1) is 8.99. The number of carbonyl (C=O) groups excluding carboxylic acids is 1. The summed E-state index contributed by atoms with van der Waals surface area (Å²) in [5.41, 5.74) is 6.15. The summed E-state index contributed by atoms with van der Waals surface area (Å²) in [6, 6.07) is 8.11. The summed E-state index contributed by atoms with van der Waals surface area (Å²) in [5, 5.41) is 2.30. The smallest absolute Gasteiger partial charge is 0.255 e. The molecular formula is C13H9BrF2N2O. The van der Waals surface area contributed by atoms with Crippen molar-refractivity contribution in [3.05, 3.63) is 58.1 Å². The lowest BCUT2D eigenvalue weighted by atomic mass is 10.2. The summed E-state index contributed by atoms with van der Waals surface area (Å²) in [6.45, 7) is 0. The van der Waals surface area contributed by atoms with Gasteiger partial charge in [0.1, 0.15) is 0 Å². The Labute approximate surface area is 116 Å². The van der Waals surface area contributed by atoms with Crippen molar-refractivity contribution in [1.82, 2.24) is 0 Å². The van der Waals surface area contributed by atoms with E-state index in [9.17, 15) is 13.6 Å². The molecule has 0 unspecified atom stereocenters. The Morgan fingerprint density at radius 1 is 1.21 bits per heavy atom. The van der Waals surface area contributed by atoms with E-state index in [0.717, 1.165) is 6.07 Å². The molecule has 0 aliphatic heterocycles. The maximum absolute atomic E-state index is 13.4. The van der Waals surface area contributed by atoms with Gasteiger partial charge in [-0.15, -0.1) is 0 Å². The molecule has 3 nitrogen and oxygen atoms in total. The highest BCUT2D eigenvalue weighted by Crippen LogP contribution is 2.22. The van der Waals surface area contributed by atoms with Crippen LogP contribution in [0.4, 0.5) is 20.2 Å². The Morgan fingerprint density at radius 3 is 2.63 bits per heavy atom. The Balaban J connectivity index is 2.26. The lowest BCUT2D eigenvalue weighted by Crippen LogP contribution is -2.13. The van der Waals surface area contributed by atoms with E-state index in [0.29, 0.717) is 10.2 Å². The topological polar surface area (TPSA) is 55.1 Å². The minimum atomic E-state index is -1.09. The van der Waals surface area contributed by atoms with Crippen LogP contribution in [0.25, 0.3) is 0 Å². The zero-order valence-corrected chi connectivity index (χ0v) is 11.2. The van der Waals surface area contributed by atoms with Crippen LogP contribution in [-0.4, -0.2) is 5.91 Å². The molecular weight excluding hydrogens is 318 g/mol. The Bertz CT molecular complexity index is 647. The third-order valence-electron chi connectivity index (χ3n) is 2.46. The first-order valence-electron chi connectivity index (χ1n) is 5.29. The molecule has 0 aliphatic carbocycles. The molecule has 0 fully saturated rings. The number of carbonyl (C=O) groups is 1. The van der Waals surface area contributed by atoms with Gasteiger partial charge in [-0.05, 0) is 46.3 Å². The van der Waals surface area contributed by atoms with Gasteiger partial charge >= 0.3 is 0 Å². The van der Waals surface area contributed by atoms with Gasteiger partial charge in [-0.1, -0.05) is 6.07 Å². The molecule has 0 saturated carbocycles. The fraction of sp³-hybridized carbons (Fsp3) is 0. The predicted octanol–water partition coefficient (Wildman–Crippen LogP) is 3.56. The second kappa shape index (κ2) is 5.36. The number of hydrogen-bond acceptors (Lipinski definition) is 2. The van der Waals surface area contributed by atoms with Crippen molar-refractivity contribution < 1.29 is 13.6 Å². The number of benzene rings is 2. The average Bonchev–Trinajstić information content (AvgIpc) is 2.38. The van der Waals surface area contributed by atoms with E-state index in [2.05, 4.69) is 21.2 Å². The van der Waals surface area contributed by atoms with Gasteiger partial charge in [0.05, 0.1) is 5.69 Å². The van der Waals surface area contributed by atoms with Crippen molar-refractivity contribution in [1.29, 1.82) is 0 Å². The SMILES string of the molecule is Nc1ccc(C(=O)Nc2cccc(F)c2F)cc1Br. The van der Waals surface area contributed by atoms with Gasteiger partial charge in [0, 0.05) is 15.7 Å². The van der Waals surface area contributed by atoms with Crippen molar-refractivity contribution >= 4 is 33.2 Å². The summed E-state index contributed by atoms with van der Waals surface area (Å²) in [4.78, 5) is 11.9. The molecule has 2 aromatic carbocycles. The van der Waals surface area contributed by atoms with Crippen molar-refractivity contribution in [2.75, 3.05) is 11.1 Å². The molecule has 0 atom stereocenters. The summed E-state index contributed by atoms with van der Waals surface area (Å²) < 4.78 is 27.0. The van der Waals surface area contributed by atoms with Crippen molar-refractivity contribution in [3.63, 3.8) is 0 Å². The zero-order chi connectivity index (χ0) is 14.0. The highest BCUT2D eigenvalue weighted by atomic mass is 79.9. The largest absolute Gasteiger partial charge is 0.398 e. The lowest BCUT2D eigenvalue weighted by Gasteiger charge is -2.07. The maximum atomic E-state index is 13.4. The third-order valence-corrected chi connectivity index (χ3v) is 3.15. The summed E-state index contributed by atoms with van der Waals surface area (Å²) in [5.74, 6) is -2.66. The van der Waals surface area contributed by atoms with Crippen LogP contribution in [-0.2, 0) is 0 Å². The standard InChI is InChI=1S/C13H9BrF2N2O/c14-8-6-7(4-5-10(8)17)13(19)18-11-3-1-2-9(15)12(11)16/h1-6H,17H2,(H,18,19). The first-order valence-corrected chi connectivity index (χ1v) is 6.08. The highest BCUT2D eigenvalue weighted by Gasteiger charge is 2.12. The molecule has 1 amide bonds. The molecule has 2 aromatic rings. The molecule has 0 bridgehead atoms. The van der Waals surface area contributed by atoms with E-state index in [-0.39, 0.29) is 11.3 Å². The van der Waals surface area contributed by atoms with Crippen LogP contribution in [0.5, 0.6) is 0 Å². The number of nitrogens with one attached hydrogen (secondary N) is 1. The molecule has 0 saturated heterocycles. The van der Waals surface area contributed by atoms with Crippen LogP contribution >= 0.6 is 15.9 Å². The van der Waals surface area contributed by atoms with Crippen LogP contribution in [0.1, 0.15) is 10.4 Å². The fourth-order valence-electron chi connectivity index (χ4n) is 1.46. The van der Waals surface area contributed by atoms with Gasteiger partial charge in [0.2, 0.25) is 0 Å². The van der Waals surface area contributed by atoms with Gasteiger partial charge in [-0.2, -0.15) is 0 Å². The predicted molar refractivity (Wildman–Crippen MR) is 72.9 cm³/mol. The second-order valence-electron chi connectivity index (χ2n) is 3.79. The Hall–Kier alpha value is -1.95. The first kappa shape index (κ1) is 13.5. The van der Waals surface area contributed by atoms with Crippen molar-refractivity contribution in [2.24, 2.45) is 0 Å². The van der Waals surface area contributed by atoms with Gasteiger partial charge in [0.15, 0.2) is 11.6 Å². The lowest BCUT2D eigenvalue weighted by molar-refractivity contribution is 0.102. The number of amides is 1. The van der Waals surface area contributed by atoms with E-state index in [4.69, 9.17) is 5.73 Å². The number of nitrogens with two attached hydrogens (primary N) is 1. The maximum Gasteiger partial charge on any atom is 0.255 e. The van der Waals surface area contributed by atoms with Crippen LogP contribution in [0.2, 0.25) is 0 Å². The Kier molecular flexibility index (Phi) is 3.80. The summed E-state index contributed by atoms with van der Waals surface area (Å²) in [7, 11) is 0. The fourth-order valence-corrected chi connectivity index (χ4v) is 1.84. The van der Waals surface area contributed by atoms with Crippen LogP contribution in [0, 0.1) is 11.6 Å². The van der Waals surface area contributed by atoms with Crippen molar-refractivity contribution in [3.8, 4) is 0 Å². The van der Waals surface area contributed by atoms with Crippen LogP contribution < -0.4 is 11.1 Å². The minimum absolute atomic E-state index is 0.210. The normalized spacial score (nSPS) is 10.3. The van der Waals surface area contributed by atoms with E-state index in [1.807, 2.05) is 0 Å².